The molecule has 0 aromatic heterocycles. The number of rotatable bonds is 6. The molecule has 5 nitrogen and oxygen atoms in total. The third-order valence-corrected chi connectivity index (χ3v) is 5.91. The second-order valence-electron chi connectivity index (χ2n) is 7.92. The van der Waals surface area contributed by atoms with Gasteiger partial charge >= 0.3 is 0 Å². The zero-order chi connectivity index (χ0) is 19.9. The summed E-state index contributed by atoms with van der Waals surface area (Å²) in [6, 6.07) is 18.2. The molecule has 2 aliphatic heterocycles. The number of nitrogens with zero attached hydrogens (tertiary/aromatic N) is 2. The van der Waals surface area contributed by atoms with Crippen molar-refractivity contribution in [2.75, 3.05) is 52.5 Å². The molecule has 154 valence electrons. The fourth-order valence-corrected chi connectivity index (χ4v) is 4.12. The second kappa shape index (κ2) is 9.90. The van der Waals surface area contributed by atoms with Crippen molar-refractivity contribution in [2.45, 2.75) is 12.8 Å². The third kappa shape index (κ3) is 5.58. The van der Waals surface area contributed by atoms with Crippen LogP contribution in [0.1, 0.15) is 12.8 Å². The van der Waals surface area contributed by atoms with Crippen LogP contribution in [0, 0.1) is 5.92 Å². The van der Waals surface area contributed by atoms with Crippen LogP contribution in [0.2, 0.25) is 0 Å². The number of carbonyl (C=O) groups is 1. The van der Waals surface area contributed by atoms with Crippen molar-refractivity contribution in [3.05, 3.63) is 54.6 Å². The van der Waals surface area contributed by atoms with Gasteiger partial charge in [0.2, 0.25) is 0 Å². The van der Waals surface area contributed by atoms with Crippen LogP contribution in [0.25, 0.3) is 11.1 Å². The molecule has 0 bridgehead atoms. The fourth-order valence-electron chi connectivity index (χ4n) is 4.12. The Morgan fingerprint density at radius 1 is 0.897 bits per heavy atom. The molecule has 4 rings (SSSR count). The van der Waals surface area contributed by atoms with Gasteiger partial charge in [-0.15, -0.1) is 0 Å². The van der Waals surface area contributed by atoms with Gasteiger partial charge in [0.25, 0.3) is 5.91 Å². The number of amides is 1. The summed E-state index contributed by atoms with van der Waals surface area (Å²) >= 11 is 0. The quantitative estimate of drug-likeness (QED) is 0.754. The molecular weight excluding hydrogens is 364 g/mol. The summed E-state index contributed by atoms with van der Waals surface area (Å²) in [5.74, 6) is 1.51. The standard InChI is InChI=1S/C24H30N2O3/c27-24(26-12-10-20(11-13-26)18-25-14-16-28-17-15-25)19-29-23-8-6-22(7-9-23)21-4-2-1-3-5-21/h1-9,20H,10-19H2. The van der Waals surface area contributed by atoms with E-state index >= 15 is 0 Å². The lowest BCUT2D eigenvalue weighted by Gasteiger charge is -2.36. The molecule has 5 heteroatoms. The van der Waals surface area contributed by atoms with E-state index in [1.54, 1.807) is 0 Å². The monoisotopic (exact) mass is 394 g/mol. The van der Waals surface area contributed by atoms with Crippen LogP contribution in [0.4, 0.5) is 0 Å². The topological polar surface area (TPSA) is 42.0 Å². The smallest absolute Gasteiger partial charge is 0.260 e. The zero-order valence-electron chi connectivity index (χ0n) is 17.0. The first kappa shape index (κ1) is 19.9. The predicted octanol–water partition coefficient (Wildman–Crippen LogP) is 3.30. The number of morpholine rings is 1. The van der Waals surface area contributed by atoms with Gasteiger partial charge in [0.05, 0.1) is 13.2 Å². The maximum Gasteiger partial charge on any atom is 0.260 e. The second-order valence-corrected chi connectivity index (χ2v) is 7.92. The number of hydrogen-bond acceptors (Lipinski definition) is 4. The van der Waals surface area contributed by atoms with Crippen LogP contribution in [-0.2, 0) is 9.53 Å². The molecule has 0 aliphatic carbocycles. The van der Waals surface area contributed by atoms with Gasteiger partial charge in [0.15, 0.2) is 6.61 Å². The summed E-state index contributed by atoms with van der Waals surface area (Å²) in [6.07, 6.45) is 2.16. The first-order chi connectivity index (χ1) is 14.3. The minimum absolute atomic E-state index is 0.0851. The van der Waals surface area contributed by atoms with Crippen molar-refractivity contribution < 1.29 is 14.3 Å². The third-order valence-electron chi connectivity index (χ3n) is 5.91. The van der Waals surface area contributed by atoms with E-state index in [1.165, 1.54) is 5.56 Å². The molecule has 2 saturated heterocycles. The largest absolute Gasteiger partial charge is 0.484 e. The Labute approximate surface area is 173 Å². The van der Waals surface area contributed by atoms with E-state index in [4.69, 9.17) is 9.47 Å². The molecule has 1 amide bonds. The lowest BCUT2D eigenvalue weighted by molar-refractivity contribution is -0.134. The minimum Gasteiger partial charge on any atom is -0.484 e. The summed E-state index contributed by atoms with van der Waals surface area (Å²) in [5, 5.41) is 0. The molecule has 0 N–H and O–H groups in total. The van der Waals surface area contributed by atoms with Gasteiger partial charge in [-0.2, -0.15) is 0 Å². The first-order valence-corrected chi connectivity index (χ1v) is 10.6. The Kier molecular flexibility index (Phi) is 6.80. The van der Waals surface area contributed by atoms with E-state index in [9.17, 15) is 4.79 Å². The van der Waals surface area contributed by atoms with Crippen molar-refractivity contribution in [3.8, 4) is 16.9 Å². The number of likely N-dealkylation sites (tertiary alicyclic amines) is 1. The molecule has 0 saturated carbocycles. The van der Waals surface area contributed by atoms with E-state index < -0.39 is 0 Å². The average Bonchev–Trinajstić information content (AvgIpc) is 2.80. The van der Waals surface area contributed by atoms with Crippen LogP contribution in [0.3, 0.4) is 0 Å². The van der Waals surface area contributed by atoms with E-state index in [0.717, 1.165) is 70.1 Å². The molecule has 0 unspecified atom stereocenters. The molecule has 2 aromatic carbocycles. The van der Waals surface area contributed by atoms with Gasteiger partial charge in [-0.3, -0.25) is 9.69 Å². The Hall–Kier alpha value is -2.37. The van der Waals surface area contributed by atoms with Crippen LogP contribution in [0.15, 0.2) is 54.6 Å². The lowest BCUT2D eigenvalue weighted by atomic mass is 9.96. The molecule has 29 heavy (non-hydrogen) atoms. The number of ether oxygens (including phenoxy) is 2. The van der Waals surface area contributed by atoms with Crippen molar-refractivity contribution in [2.24, 2.45) is 5.92 Å². The normalized spacial score (nSPS) is 18.6. The summed E-state index contributed by atoms with van der Waals surface area (Å²) in [5.41, 5.74) is 2.32. The van der Waals surface area contributed by atoms with Gasteiger partial charge < -0.3 is 14.4 Å². The van der Waals surface area contributed by atoms with Crippen LogP contribution in [-0.4, -0.2) is 68.3 Å². The molecule has 2 heterocycles. The number of piperidine rings is 1. The maximum absolute atomic E-state index is 12.5. The highest BCUT2D eigenvalue weighted by molar-refractivity contribution is 5.78. The van der Waals surface area contributed by atoms with E-state index in [-0.39, 0.29) is 12.5 Å². The molecule has 2 aromatic rings. The van der Waals surface area contributed by atoms with E-state index in [2.05, 4.69) is 17.0 Å². The maximum atomic E-state index is 12.5. The van der Waals surface area contributed by atoms with E-state index in [1.807, 2.05) is 47.4 Å². The average molecular weight is 395 g/mol. The molecule has 2 fully saturated rings. The molecule has 2 aliphatic rings. The minimum atomic E-state index is 0.0851. The SMILES string of the molecule is O=C(COc1ccc(-c2ccccc2)cc1)N1CCC(CN2CCOCC2)CC1. The van der Waals surface area contributed by atoms with Gasteiger partial charge in [-0.1, -0.05) is 42.5 Å². The van der Waals surface area contributed by atoms with Crippen LogP contribution in [0.5, 0.6) is 5.75 Å². The van der Waals surface area contributed by atoms with Gasteiger partial charge in [-0.05, 0) is 42.0 Å². The summed E-state index contributed by atoms with van der Waals surface area (Å²) < 4.78 is 11.2. The van der Waals surface area contributed by atoms with E-state index in [0.29, 0.717) is 5.92 Å². The highest BCUT2D eigenvalue weighted by Crippen LogP contribution is 2.23. The Balaban J connectivity index is 1.20. The zero-order valence-corrected chi connectivity index (χ0v) is 17.0. The van der Waals surface area contributed by atoms with Crippen molar-refractivity contribution in [1.82, 2.24) is 9.80 Å². The lowest BCUT2D eigenvalue weighted by Crippen LogP contribution is -2.45. The van der Waals surface area contributed by atoms with Gasteiger partial charge in [0.1, 0.15) is 5.75 Å². The Morgan fingerprint density at radius 2 is 1.55 bits per heavy atom. The molecule has 0 spiro atoms. The number of hydrogen-bond donors (Lipinski definition) is 0. The predicted molar refractivity (Wildman–Crippen MR) is 114 cm³/mol. The summed E-state index contributed by atoms with van der Waals surface area (Å²) in [6.45, 7) is 6.69. The Bertz CT molecular complexity index is 764. The molecule has 0 atom stereocenters. The number of carbonyl (C=O) groups excluding carboxylic acids is 1. The van der Waals surface area contributed by atoms with Crippen LogP contribution < -0.4 is 4.74 Å². The fraction of sp³-hybridized carbons (Fsp3) is 0.458. The van der Waals surface area contributed by atoms with Gasteiger partial charge in [0, 0.05) is 32.7 Å². The summed E-state index contributed by atoms with van der Waals surface area (Å²) in [4.78, 5) is 17.0. The van der Waals surface area contributed by atoms with Crippen molar-refractivity contribution in [1.29, 1.82) is 0 Å². The Morgan fingerprint density at radius 3 is 2.24 bits per heavy atom. The van der Waals surface area contributed by atoms with Crippen molar-refractivity contribution in [3.63, 3.8) is 0 Å². The van der Waals surface area contributed by atoms with Crippen molar-refractivity contribution >= 4 is 5.91 Å². The summed E-state index contributed by atoms with van der Waals surface area (Å²) in [7, 11) is 0. The highest BCUT2D eigenvalue weighted by atomic mass is 16.5. The van der Waals surface area contributed by atoms with Crippen LogP contribution >= 0.6 is 0 Å². The first-order valence-electron chi connectivity index (χ1n) is 10.6. The highest BCUT2D eigenvalue weighted by Gasteiger charge is 2.25. The van der Waals surface area contributed by atoms with Gasteiger partial charge in [-0.25, -0.2) is 0 Å². The molecule has 0 radical (unpaired) electrons. The number of benzene rings is 2. The molecular formula is C24H30N2O3.